The number of hydrogen-bond donors (Lipinski definition) is 1. The van der Waals surface area contributed by atoms with E-state index in [1.165, 1.54) is 10.9 Å². The van der Waals surface area contributed by atoms with E-state index in [9.17, 15) is 5.11 Å². The van der Waals surface area contributed by atoms with Crippen LogP contribution in [0, 0.1) is 6.92 Å². The van der Waals surface area contributed by atoms with Gasteiger partial charge in [-0.05, 0) is 55.0 Å². The number of ether oxygens (including phenoxy) is 1. The summed E-state index contributed by atoms with van der Waals surface area (Å²) in [6, 6.07) is 21.9. The van der Waals surface area contributed by atoms with E-state index in [0.717, 1.165) is 29.0 Å². The van der Waals surface area contributed by atoms with Gasteiger partial charge in [-0.2, -0.15) is 0 Å². The van der Waals surface area contributed by atoms with E-state index in [-0.39, 0.29) is 5.16 Å². The molecular weight excluding hydrogens is 377 g/mol. The molecule has 3 aromatic carbocycles. The summed E-state index contributed by atoms with van der Waals surface area (Å²) in [6.07, 6.45) is 2.85. The van der Waals surface area contributed by atoms with Gasteiger partial charge in [0, 0.05) is 22.5 Å². The Kier molecular flexibility index (Phi) is 6.71. The zero-order valence-electron chi connectivity index (χ0n) is 17.4. The number of aromatic hydroxyl groups is 1. The van der Waals surface area contributed by atoms with Crippen molar-refractivity contribution >= 4 is 25.8 Å². The maximum Gasteiger partial charge on any atom is 0.119 e. The molecule has 0 radical (unpaired) electrons. The van der Waals surface area contributed by atoms with E-state index < -0.39 is 0 Å². The highest BCUT2D eigenvalue weighted by atomic mass is 31.1. The second-order valence-electron chi connectivity index (χ2n) is 7.38. The molecule has 0 bridgehead atoms. The van der Waals surface area contributed by atoms with Gasteiger partial charge in [-0.3, -0.25) is 4.99 Å². The molecule has 29 heavy (non-hydrogen) atoms. The summed E-state index contributed by atoms with van der Waals surface area (Å²) in [5, 5.41) is 11.6. The molecule has 0 saturated heterocycles. The van der Waals surface area contributed by atoms with E-state index in [1.54, 1.807) is 19.2 Å². The van der Waals surface area contributed by atoms with Crippen LogP contribution in [0.2, 0.25) is 0 Å². The van der Waals surface area contributed by atoms with Crippen LogP contribution in [0.4, 0.5) is 5.69 Å². The van der Waals surface area contributed by atoms with E-state index in [2.05, 4.69) is 44.0 Å². The molecule has 3 nitrogen and oxygen atoms in total. The van der Waals surface area contributed by atoms with Gasteiger partial charge in [0.1, 0.15) is 11.5 Å². The molecule has 2 atom stereocenters. The number of aliphatic imine (C=N–C) groups is 1. The van der Waals surface area contributed by atoms with Crippen LogP contribution in [-0.4, -0.2) is 18.4 Å². The van der Waals surface area contributed by atoms with E-state index in [4.69, 9.17) is 4.74 Å². The minimum atomic E-state index is -0.205. The highest BCUT2D eigenvalue weighted by Crippen LogP contribution is 2.48. The van der Waals surface area contributed by atoms with Crippen LogP contribution in [0.15, 0.2) is 71.7 Å². The Morgan fingerprint density at radius 1 is 1.07 bits per heavy atom. The average Bonchev–Trinajstić information content (AvgIpc) is 2.75. The van der Waals surface area contributed by atoms with Gasteiger partial charge in [0.05, 0.1) is 12.8 Å². The number of methoxy groups -OCH3 is 1. The monoisotopic (exact) mass is 405 g/mol. The Morgan fingerprint density at radius 3 is 2.52 bits per heavy atom. The van der Waals surface area contributed by atoms with Gasteiger partial charge in [-0.1, -0.05) is 58.3 Å². The molecule has 0 fully saturated rings. The molecule has 3 aromatic rings. The standard InChI is InChI=1S/C25H28NO2P/c1-5-25(3,22-16-21(28-4)12-13-23(22)27)29-24-14-11-18(2)15-19(24)17-26-20-9-7-6-8-10-20/h6-17,27,29H,5H2,1-4H3. The number of para-hydroxylation sites is 1. The second-order valence-corrected chi connectivity index (χ2v) is 9.27. The predicted molar refractivity (Wildman–Crippen MR) is 125 cm³/mol. The third-order valence-corrected chi connectivity index (χ3v) is 7.13. The number of benzene rings is 3. The first kappa shape index (κ1) is 21.1. The quantitative estimate of drug-likeness (QED) is 0.382. The van der Waals surface area contributed by atoms with Crippen LogP contribution >= 0.6 is 8.58 Å². The minimum absolute atomic E-state index is 0.205. The number of aryl methyl sites for hydroxylation is 1. The largest absolute Gasteiger partial charge is 0.508 e. The van der Waals surface area contributed by atoms with Gasteiger partial charge < -0.3 is 9.84 Å². The Hall–Kier alpha value is -2.64. The first-order valence-electron chi connectivity index (χ1n) is 9.80. The number of nitrogens with zero attached hydrogens (tertiary/aromatic N) is 1. The first-order valence-corrected chi connectivity index (χ1v) is 10.8. The summed E-state index contributed by atoms with van der Waals surface area (Å²) in [6.45, 7) is 6.47. The Morgan fingerprint density at radius 2 is 1.83 bits per heavy atom. The molecule has 0 aliphatic rings. The van der Waals surface area contributed by atoms with Crippen LogP contribution in [0.25, 0.3) is 0 Å². The molecular formula is C25H28NO2P. The topological polar surface area (TPSA) is 41.8 Å². The SMILES string of the molecule is CCC(C)(Pc1ccc(C)cc1C=Nc1ccccc1)c1cc(OC)ccc1O. The van der Waals surface area contributed by atoms with Crippen molar-refractivity contribution in [2.24, 2.45) is 4.99 Å². The van der Waals surface area contributed by atoms with Gasteiger partial charge in [-0.25, -0.2) is 0 Å². The molecule has 0 aromatic heterocycles. The minimum Gasteiger partial charge on any atom is -0.508 e. The summed E-state index contributed by atoms with van der Waals surface area (Å²) in [4.78, 5) is 4.66. The molecule has 0 spiro atoms. The molecule has 0 aliphatic heterocycles. The molecule has 0 amide bonds. The summed E-state index contributed by atoms with van der Waals surface area (Å²) < 4.78 is 5.40. The highest BCUT2D eigenvalue weighted by Gasteiger charge is 2.29. The third kappa shape index (κ3) is 5.05. The van der Waals surface area contributed by atoms with Crippen molar-refractivity contribution in [3.63, 3.8) is 0 Å². The lowest BCUT2D eigenvalue weighted by molar-refractivity contribution is 0.408. The van der Waals surface area contributed by atoms with Crippen LogP contribution in [0.1, 0.15) is 37.0 Å². The molecule has 1 N–H and O–H groups in total. The lowest BCUT2D eigenvalue weighted by Crippen LogP contribution is -2.20. The van der Waals surface area contributed by atoms with Gasteiger partial charge >= 0.3 is 0 Å². The van der Waals surface area contributed by atoms with Crippen LogP contribution in [0.3, 0.4) is 0 Å². The summed E-state index contributed by atoms with van der Waals surface area (Å²) in [5.74, 6) is 1.08. The number of phenolic OH excluding ortho intramolecular Hbond substituents is 1. The van der Waals surface area contributed by atoms with Crippen molar-refractivity contribution in [2.75, 3.05) is 7.11 Å². The van der Waals surface area contributed by atoms with Crippen molar-refractivity contribution in [1.29, 1.82) is 0 Å². The molecule has 0 aliphatic carbocycles. The fraction of sp³-hybridized carbons (Fsp3) is 0.240. The van der Waals surface area contributed by atoms with Crippen LogP contribution in [0.5, 0.6) is 11.5 Å². The van der Waals surface area contributed by atoms with Gasteiger partial charge in [0.2, 0.25) is 0 Å². The fourth-order valence-electron chi connectivity index (χ4n) is 3.29. The van der Waals surface area contributed by atoms with Crippen LogP contribution in [-0.2, 0) is 5.16 Å². The van der Waals surface area contributed by atoms with Crippen molar-refractivity contribution in [3.05, 3.63) is 83.4 Å². The van der Waals surface area contributed by atoms with Gasteiger partial charge in [-0.15, -0.1) is 0 Å². The van der Waals surface area contributed by atoms with Crippen molar-refractivity contribution in [1.82, 2.24) is 0 Å². The average molecular weight is 405 g/mol. The number of hydrogen-bond acceptors (Lipinski definition) is 3. The third-order valence-electron chi connectivity index (χ3n) is 5.23. The van der Waals surface area contributed by atoms with Crippen molar-refractivity contribution < 1.29 is 9.84 Å². The summed E-state index contributed by atoms with van der Waals surface area (Å²) in [7, 11) is 2.13. The Labute approximate surface area is 175 Å². The van der Waals surface area contributed by atoms with Crippen LogP contribution < -0.4 is 10.0 Å². The number of rotatable bonds is 7. The molecule has 0 heterocycles. The smallest absolute Gasteiger partial charge is 0.119 e. The van der Waals surface area contributed by atoms with E-state index >= 15 is 0 Å². The van der Waals surface area contributed by atoms with Crippen molar-refractivity contribution in [2.45, 2.75) is 32.3 Å². The maximum atomic E-state index is 10.6. The zero-order valence-corrected chi connectivity index (χ0v) is 18.4. The molecule has 150 valence electrons. The molecule has 0 saturated carbocycles. The lowest BCUT2D eigenvalue weighted by Gasteiger charge is -2.31. The Balaban J connectivity index is 1.99. The van der Waals surface area contributed by atoms with Gasteiger partial charge in [0.15, 0.2) is 0 Å². The first-order chi connectivity index (χ1) is 13.9. The second kappa shape index (κ2) is 9.24. The Bertz CT molecular complexity index is 1000. The summed E-state index contributed by atoms with van der Waals surface area (Å²) >= 11 is 0. The number of phenols is 1. The summed E-state index contributed by atoms with van der Waals surface area (Å²) in [5.41, 5.74) is 4.18. The molecule has 3 rings (SSSR count). The predicted octanol–water partition coefficient (Wildman–Crippen LogP) is 6.09. The van der Waals surface area contributed by atoms with E-state index in [0.29, 0.717) is 14.3 Å². The van der Waals surface area contributed by atoms with Crippen molar-refractivity contribution in [3.8, 4) is 11.5 Å². The fourth-order valence-corrected chi connectivity index (χ4v) is 4.84. The van der Waals surface area contributed by atoms with Gasteiger partial charge in [0.25, 0.3) is 0 Å². The zero-order chi connectivity index (χ0) is 20.9. The highest BCUT2D eigenvalue weighted by molar-refractivity contribution is 7.48. The van der Waals surface area contributed by atoms with E-state index in [1.807, 2.05) is 42.6 Å². The lowest BCUT2D eigenvalue weighted by atomic mass is 9.96. The normalized spacial score (nSPS) is 13.8. The molecule has 4 heteroatoms. The molecule has 2 unspecified atom stereocenters. The maximum absolute atomic E-state index is 10.6.